The quantitative estimate of drug-likeness (QED) is 0.243. The zero-order valence-electron chi connectivity index (χ0n) is 21.0. The van der Waals surface area contributed by atoms with Gasteiger partial charge in [-0.05, 0) is 57.9 Å². The number of benzene rings is 2. The second-order valence-corrected chi connectivity index (χ2v) is 10.3. The van der Waals surface area contributed by atoms with Crippen molar-refractivity contribution in [3.63, 3.8) is 0 Å². The van der Waals surface area contributed by atoms with E-state index in [2.05, 4.69) is 18.4 Å². The summed E-state index contributed by atoms with van der Waals surface area (Å²) in [6.07, 6.45) is -1.10. The van der Waals surface area contributed by atoms with Crippen LogP contribution in [0.3, 0.4) is 0 Å². The summed E-state index contributed by atoms with van der Waals surface area (Å²) in [5.41, 5.74) is 6.19. The minimum absolute atomic E-state index is 0.0846. The predicted molar refractivity (Wildman–Crippen MR) is 139 cm³/mol. The molecular formula is C28H32FNO5P+. The number of ether oxygens (including phenoxy) is 1. The molecule has 0 saturated carbocycles. The number of nitrogens with zero attached hydrogens (tertiary/aromatic N) is 1. The predicted octanol–water partition coefficient (Wildman–Crippen LogP) is 6.21. The third-order valence-electron chi connectivity index (χ3n) is 5.83. The zero-order valence-corrected chi connectivity index (χ0v) is 21.9. The van der Waals surface area contributed by atoms with Gasteiger partial charge in [0.2, 0.25) is 6.16 Å². The summed E-state index contributed by atoms with van der Waals surface area (Å²) in [6.45, 7) is 6.07. The van der Waals surface area contributed by atoms with Gasteiger partial charge in [0, 0.05) is 17.7 Å². The Labute approximate surface area is 212 Å². The van der Waals surface area contributed by atoms with E-state index in [9.17, 15) is 18.9 Å². The minimum Gasteiger partial charge on any atom is -0.465 e. The molecule has 0 aliphatic heterocycles. The number of aryl methyl sites for hydroxylation is 1. The molecule has 1 N–H and O–H groups in total. The molecule has 36 heavy (non-hydrogen) atoms. The zero-order chi connectivity index (χ0) is 26.2. The molecule has 2 unspecified atom stereocenters. The van der Waals surface area contributed by atoms with Gasteiger partial charge < -0.3 is 9.84 Å². The molecule has 1 aromatic heterocycles. The van der Waals surface area contributed by atoms with Crippen molar-refractivity contribution in [2.45, 2.75) is 45.6 Å². The van der Waals surface area contributed by atoms with E-state index >= 15 is 0 Å². The Balaban J connectivity index is 1.93. The molecule has 2 atom stereocenters. The molecule has 0 radical (unpaired) electrons. The third kappa shape index (κ3) is 7.26. The van der Waals surface area contributed by atoms with Crippen LogP contribution >= 0.6 is 8.03 Å². The Morgan fingerprint density at radius 1 is 1.11 bits per heavy atom. The molecule has 6 nitrogen and oxygen atoms in total. The molecule has 2 aromatic carbocycles. The normalized spacial score (nSPS) is 12.5. The molecule has 0 spiro atoms. The standard InChI is InChI=1S/C28H32FNO5P/c1-18(2)28-24(12-13-35-27(32)15-22(31)17-36(33)34-4)25(23-11-10-21(29)14-19(23)3)16-26(30-28)20-8-6-5-7-9-20/h5-11,14,16,18,22,31H,12-13,15,17H2,1-4H3/q+1. The topological polar surface area (TPSA) is 85.7 Å². The lowest BCUT2D eigenvalue weighted by atomic mass is 9.89. The van der Waals surface area contributed by atoms with Crippen LogP contribution in [0.1, 0.15) is 43.0 Å². The Hall–Kier alpha value is -2.99. The summed E-state index contributed by atoms with van der Waals surface area (Å²) in [5.74, 6) is -0.797. The largest absolute Gasteiger partial charge is 0.510 e. The first kappa shape index (κ1) is 27.6. The van der Waals surface area contributed by atoms with Crippen molar-refractivity contribution in [1.29, 1.82) is 0 Å². The Morgan fingerprint density at radius 2 is 1.83 bits per heavy atom. The van der Waals surface area contributed by atoms with E-state index in [1.54, 1.807) is 6.07 Å². The van der Waals surface area contributed by atoms with E-state index in [4.69, 9.17) is 9.72 Å². The number of rotatable bonds is 11. The van der Waals surface area contributed by atoms with Crippen LogP contribution < -0.4 is 0 Å². The van der Waals surface area contributed by atoms with Crippen LogP contribution in [-0.2, 0) is 25.0 Å². The lowest BCUT2D eigenvalue weighted by molar-refractivity contribution is -0.145. The van der Waals surface area contributed by atoms with Gasteiger partial charge in [-0.25, -0.2) is 4.39 Å². The maximum absolute atomic E-state index is 13.9. The molecule has 3 aromatic rings. The fraction of sp³-hybridized carbons (Fsp3) is 0.357. The SMILES string of the molecule is CO[P+](=O)CC(O)CC(=O)OCCc1c(-c2ccc(F)cc2C)cc(-c2ccccc2)nc1C(C)C. The van der Waals surface area contributed by atoms with Crippen molar-refractivity contribution in [3.8, 4) is 22.4 Å². The Bertz CT molecular complexity index is 1220. The molecule has 190 valence electrons. The molecule has 0 aliphatic carbocycles. The smallest absolute Gasteiger partial charge is 0.465 e. The molecular weight excluding hydrogens is 480 g/mol. The maximum Gasteiger partial charge on any atom is 0.510 e. The van der Waals surface area contributed by atoms with Gasteiger partial charge in [0.25, 0.3) is 0 Å². The summed E-state index contributed by atoms with van der Waals surface area (Å²) in [4.78, 5) is 17.2. The highest BCUT2D eigenvalue weighted by Crippen LogP contribution is 2.35. The number of aliphatic hydroxyl groups is 1. The van der Waals surface area contributed by atoms with Crippen molar-refractivity contribution in [2.75, 3.05) is 19.9 Å². The molecule has 8 heteroatoms. The van der Waals surface area contributed by atoms with Crippen molar-refractivity contribution in [1.82, 2.24) is 4.98 Å². The first-order valence-corrected chi connectivity index (χ1v) is 13.2. The van der Waals surface area contributed by atoms with Crippen LogP contribution in [0.5, 0.6) is 0 Å². The number of carbonyl (C=O) groups is 1. The highest BCUT2D eigenvalue weighted by atomic mass is 31.1. The van der Waals surface area contributed by atoms with Gasteiger partial charge in [0.15, 0.2) is 0 Å². The van der Waals surface area contributed by atoms with Gasteiger partial charge >= 0.3 is 14.0 Å². The summed E-state index contributed by atoms with van der Waals surface area (Å²) >= 11 is 0. The highest BCUT2D eigenvalue weighted by Gasteiger charge is 2.25. The van der Waals surface area contributed by atoms with Gasteiger partial charge in [0.05, 0.1) is 25.8 Å². The molecule has 0 fully saturated rings. The summed E-state index contributed by atoms with van der Waals surface area (Å²) in [7, 11) is -0.725. The number of hydrogen-bond acceptors (Lipinski definition) is 6. The molecule has 3 rings (SSSR count). The van der Waals surface area contributed by atoms with Crippen LogP contribution in [0.15, 0.2) is 54.6 Å². The monoisotopic (exact) mass is 512 g/mol. The van der Waals surface area contributed by atoms with Crippen molar-refractivity contribution < 1.29 is 28.1 Å². The average molecular weight is 513 g/mol. The van der Waals surface area contributed by atoms with E-state index < -0.39 is 20.1 Å². The van der Waals surface area contributed by atoms with Crippen molar-refractivity contribution in [3.05, 3.63) is 77.2 Å². The molecule has 1 heterocycles. The Morgan fingerprint density at radius 3 is 2.47 bits per heavy atom. The first-order valence-electron chi connectivity index (χ1n) is 11.9. The highest BCUT2D eigenvalue weighted by molar-refractivity contribution is 7.39. The van der Waals surface area contributed by atoms with Gasteiger partial charge in [-0.1, -0.05) is 50.2 Å². The van der Waals surface area contributed by atoms with Crippen LogP contribution in [0.25, 0.3) is 22.4 Å². The number of esters is 1. The van der Waals surface area contributed by atoms with Crippen molar-refractivity contribution >= 4 is 14.0 Å². The average Bonchev–Trinajstić information content (AvgIpc) is 2.84. The van der Waals surface area contributed by atoms with Gasteiger partial charge in [-0.2, -0.15) is 0 Å². The number of halogens is 1. The van der Waals surface area contributed by atoms with E-state index in [1.165, 1.54) is 19.2 Å². The summed E-state index contributed by atoms with van der Waals surface area (Å²) in [5, 5.41) is 9.93. The Kier molecular flexibility index (Phi) is 9.82. The molecule has 0 amide bonds. The van der Waals surface area contributed by atoms with Crippen LogP contribution in [0.2, 0.25) is 0 Å². The lowest BCUT2D eigenvalue weighted by Crippen LogP contribution is -2.19. The number of hydrogen-bond donors (Lipinski definition) is 1. The lowest BCUT2D eigenvalue weighted by Gasteiger charge is -2.20. The van der Waals surface area contributed by atoms with E-state index in [-0.39, 0.29) is 30.9 Å². The van der Waals surface area contributed by atoms with E-state index in [0.717, 1.165) is 39.2 Å². The van der Waals surface area contributed by atoms with Gasteiger partial charge in [-0.15, -0.1) is 4.52 Å². The fourth-order valence-electron chi connectivity index (χ4n) is 4.09. The molecule has 0 bridgehead atoms. The summed E-state index contributed by atoms with van der Waals surface area (Å²) < 4.78 is 35.4. The van der Waals surface area contributed by atoms with E-state index in [1.807, 2.05) is 43.3 Å². The summed E-state index contributed by atoms with van der Waals surface area (Å²) in [6, 6.07) is 16.6. The van der Waals surface area contributed by atoms with Crippen LogP contribution in [0.4, 0.5) is 4.39 Å². The molecule has 0 saturated heterocycles. The minimum atomic E-state index is -2.01. The van der Waals surface area contributed by atoms with Gasteiger partial charge in [0.1, 0.15) is 11.9 Å². The van der Waals surface area contributed by atoms with Crippen molar-refractivity contribution in [2.24, 2.45) is 0 Å². The van der Waals surface area contributed by atoms with Gasteiger partial charge in [-0.3, -0.25) is 9.78 Å². The number of pyridine rings is 1. The van der Waals surface area contributed by atoms with E-state index in [0.29, 0.717) is 6.42 Å². The van der Waals surface area contributed by atoms with Crippen LogP contribution in [-0.4, -0.2) is 42.0 Å². The second-order valence-electron chi connectivity index (χ2n) is 8.93. The molecule has 0 aliphatic rings. The second kappa shape index (κ2) is 12.8. The number of aliphatic hydroxyl groups excluding tert-OH is 1. The maximum atomic E-state index is 13.9. The number of aromatic nitrogens is 1. The van der Waals surface area contributed by atoms with Crippen LogP contribution in [0, 0.1) is 12.7 Å². The third-order valence-corrected chi connectivity index (χ3v) is 6.96. The number of carbonyl (C=O) groups excluding carboxylic acids is 1. The first-order chi connectivity index (χ1) is 17.2. The fourth-order valence-corrected chi connectivity index (χ4v) is 4.71.